The van der Waals surface area contributed by atoms with E-state index in [1.165, 1.54) is 17.0 Å². The van der Waals surface area contributed by atoms with Crippen molar-refractivity contribution in [1.29, 1.82) is 0 Å². The van der Waals surface area contributed by atoms with Crippen LogP contribution in [0.3, 0.4) is 0 Å². The molecule has 3 aliphatic carbocycles. The van der Waals surface area contributed by atoms with Crippen LogP contribution in [0.1, 0.15) is 40.2 Å². The minimum atomic E-state index is -0.742. The van der Waals surface area contributed by atoms with Crippen LogP contribution in [0.15, 0.2) is 112 Å². The minimum Gasteiger partial charge on any atom is -0.508 e. The summed E-state index contributed by atoms with van der Waals surface area (Å²) in [6.07, 6.45) is 3.60. The summed E-state index contributed by atoms with van der Waals surface area (Å²) in [6, 6.07) is 22.0. The van der Waals surface area contributed by atoms with Gasteiger partial charge in [0.1, 0.15) is 5.75 Å². The SMILES string of the molecule is O=C1C=C(Br)C(=O)C2=C1[C@@H](c1ccccc1O)C1=CC[C@@H]3C(=O)N(c4ccc(C(=O)c5ccccc5)cc4)C(=O)[C@@H]3[C@@H]1C2. The molecule has 0 spiro atoms. The number of anilines is 1. The number of ketones is 3. The molecule has 8 heteroatoms. The first-order valence-electron chi connectivity index (χ1n) is 14.0. The lowest BCUT2D eigenvalue weighted by Crippen LogP contribution is -2.39. The number of Topliss-reactive ketones (excluding diaryl/α,β-unsaturated/α-hetero) is 1. The molecular weight excluding hydrogens is 610 g/mol. The topological polar surface area (TPSA) is 109 Å². The fourth-order valence-electron chi connectivity index (χ4n) is 7.07. The Morgan fingerprint density at radius 3 is 2.21 bits per heavy atom. The van der Waals surface area contributed by atoms with Crippen LogP contribution in [-0.2, 0) is 19.2 Å². The van der Waals surface area contributed by atoms with E-state index < -0.39 is 23.7 Å². The number of carbonyl (C=O) groups excluding carboxylic acids is 5. The van der Waals surface area contributed by atoms with Crippen LogP contribution in [0.25, 0.3) is 0 Å². The molecule has 3 aromatic carbocycles. The number of fused-ring (bicyclic) bond motifs is 3. The molecular formula is C35H24BrNO6. The molecule has 212 valence electrons. The van der Waals surface area contributed by atoms with Crippen molar-refractivity contribution in [3.05, 3.63) is 129 Å². The molecule has 4 aliphatic rings. The number of carbonyl (C=O) groups is 5. The maximum absolute atomic E-state index is 14.1. The predicted octanol–water partition coefficient (Wildman–Crippen LogP) is 5.59. The van der Waals surface area contributed by atoms with Gasteiger partial charge in [0.25, 0.3) is 0 Å². The Bertz CT molecular complexity index is 1850. The Balaban J connectivity index is 1.26. The van der Waals surface area contributed by atoms with Gasteiger partial charge >= 0.3 is 0 Å². The van der Waals surface area contributed by atoms with Crippen LogP contribution < -0.4 is 4.90 Å². The van der Waals surface area contributed by atoms with Crippen molar-refractivity contribution in [1.82, 2.24) is 0 Å². The van der Waals surface area contributed by atoms with Gasteiger partial charge in [0.05, 0.1) is 22.0 Å². The van der Waals surface area contributed by atoms with Crippen molar-refractivity contribution in [3.63, 3.8) is 0 Å². The fraction of sp³-hybridized carbons (Fsp3) is 0.171. The summed E-state index contributed by atoms with van der Waals surface area (Å²) in [6.45, 7) is 0. The van der Waals surface area contributed by atoms with Gasteiger partial charge in [-0.05, 0) is 65.0 Å². The quantitative estimate of drug-likeness (QED) is 0.174. The second kappa shape index (κ2) is 10.2. The van der Waals surface area contributed by atoms with E-state index in [0.29, 0.717) is 33.5 Å². The van der Waals surface area contributed by atoms with E-state index >= 15 is 0 Å². The highest BCUT2D eigenvalue weighted by molar-refractivity contribution is 9.12. The van der Waals surface area contributed by atoms with Gasteiger partial charge in [0, 0.05) is 39.8 Å². The molecule has 0 radical (unpaired) electrons. The predicted molar refractivity (Wildman–Crippen MR) is 161 cm³/mol. The van der Waals surface area contributed by atoms with Gasteiger partial charge in [-0.1, -0.05) is 60.2 Å². The summed E-state index contributed by atoms with van der Waals surface area (Å²) in [4.78, 5) is 68.6. The van der Waals surface area contributed by atoms with Crippen LogP contribution in [0.5, 0.6) is 5.75 Å². The van der Waals surface area contributed by atoms with E-state index in [2.05, 4.69) is 15.9 Å². The van der Waals surface area contributed by atoms with E-state index in [9.17, 15) is 29.1 Å². The van der Waals surface area contributed by atoms with E-state index in [1.54, 1.807) is 66.7 Å². The van der Waals surface area contributed by atoms with Gasteiger partial charge in [-0.25, -0.2) is 0 Å². The Hall–Kier alpha value is -4.69. The van der Waals surface area contributed by atoms with Gasteiger partial charge in [0.15, 0.2) is 17.3 Å². The molecule has 0 bridgehead atoms. The third kappa shape index (κ3) is 4.19. The lowest BCUT2D eigenvalue weighted by Gasteiger charge is -2.42. The number of amides is 2. The monoisotopic (exact) mass is 633 g/mol. The third-order valence-electron chi connectivity index (χ3n) is 9.00. The first-order chi connectivity index (χ1) is 20.8. The lowest BCUT2D eigenvalue weighted by atomic mass is 9.59. The smallest absolute Gasteiger partial charge is 0.238 e. The third-order valence-corrected chi connectivity index (χ3v) is 9.59. The molecule has 1 heterocycles. The number of halogens is 1. The number of hydrogen-bond donors (Lipinski definition) is 1. The summed E-state index contributed by atoms with van der Waals surface area (Å²) in [7, 11) is 0. The van der Waals surface area contributed by atoms with Gasteiger partial charge < -0.3 is 5.11 Å². The molecule has 1 saturated heterocycles. The molecule has 0 saturated carbocycles. The van der Waals surface area contributed by atoms with E-state index in [4.69, 9.17) is 0 Å². The van der Waals surface area contributed by atoms with Crippen LogP contribution in [-0.4, -0.2) is 34.3 Å². The van der Waals surface area contributed by atoms with Crippen LogP contribution in [0.2, 0.25) is 0 Å². The van der Waals surface area contributed by atoms with Crippen molar-refractivity contribution in [2.24, 2.45) is 17.8 Å². The van der Waals surface area contributed by atoms with Crippen LogP contribution in [0, 0.1) is 17.8 Å². The number of phenolic OH excluding ortho intramolecular Hbond substituents is 1. The standard InChI is InChI=1S/C35H24BrNO6/c36-26-17-28(39)31-25(33(26)41)16-24-21(29(31)22-8-4-5-9-27(22)38)14-15-23-30(24)35(43)37(34(23)42)20-12-10-19(11-13-20)32(40)18-6-2-1-3-7-18/h1-14,17,23-24,29-30,38H,15-16H2/t23-,24+,29+,30-/m0/s1. The van der Waals surface area contributed by atoms with E-state index in [-0.39, 0.29) is 52.2 Å². The number of nitrogens with zero attached hydrogens (tertiary/aromatic N) is 1. The normalized spacial score (nSPS) is 24.7. The summed E-state index contributed by atoms with van der Waals surface area (Å²) in [5.41, 5.74) is 3.20. The number of allylic oxidation sites excluding steroid dienone is 6. The van der Waals surface area contributed by atoms with E-state index in [0.717, 1.165) is 5.57 Å². The number of aromatic hydroxyl groups is 1. The van der Waals surface area contributed by atoms with E-state index in [1.807, 2.05) is 12.1 Å². The number of rotatable bonds is 4. The molecule has 43 heavy (non-hydrogen) atoms. The number of para-hydroxylation sites is 1. The van der Waals surface area contributed by atoms with Crippen molar-refractivity contribution in [2.75, 3.05) is 4.90 Å². The van der Waals surface area contributed by atoms with Crippen molar-refractivity contribution < 1.29 is 29.1 Å². The number of phenols is 1. The van der Waals surface area contributed by atoms with Gasteiger partial charge in [-0.2, -0.15) is 0 Å². The summed E-state index contributed by atoms with van der Waals surface area (Å²) in [5.74, 6) is -4.15. The Morgan fingerprint density at radius 2 is 1.49 bits per heavy atom. The fourth-order valence-corrected chi connectivity index (χ4v) is 7.51. The zero-order chi connectivity index (χ0) is 30.0. The first kappa shape index (κ1) is 27.2. The van der Waals surface area contributed by atoms with Crippen molar-refractivity contribution >= 4 is 50.8 Å². The molecule has 3 aromatic rings. The van der Waals surface area contributed by atoms with Crippen molar-refractivity contribution in [2.45, 2.75) is 18.8 Å². The second-order valence-electron chi connectivity index (χ2n) is 11.2. The Labute approximate surface area is 255 Å². The average Bonchev–Trinajstić information content (AvgIpc) is 3.28. The molecule has 4 atom stereocenters. The van der Waals surface area contributed by atoms with Crippen LogP contribution in [0.4, 0.5) is 5.69 Å². The highest BCUT2D eigenvalue weighted by Crippen LogP contribution is 2.56. The molecule has 1 aliphatic heterocycles. The highest BCUT2D eigenvalue weighted by Gasteiger charge is 2.56. The number of imide groups is 1. The highest BCUT2D eigenvalue weighted by atomic mass is 79.9. The van der Waals surface area contributed by atoms with Gasteiger partial charge in [-0.15, -0.1) is 0 Å². The van der Waals surface area contributed by atoms with Gasteiger partial charge in [0.2, 0.25) is 11.8 Å². The largest absolute Gasteiger partial charge is 0.508 e. The summed E-state index contributed by atoms with van der Waals surface area (Å²) < 4.78 is 0.146. The van der Waals surface area contributed by atoms with Crippen molar-refractivity contribution in [3.8, 4) is 5.75 Å². The molecule has 2 amide bonds. The zero-order valence-electron chi connectivity index (χ0n) is 22.7. The summed E-state index contributed by atoms with van der Waals surface area (Å²) in [5, 5.41) is 10.8. The maximum Gasteiger partial charge on any atom is 0.238 e. The summed E-state index contributed by atoms with van der Waals surface area (Å²) >= 11 is 3.22. The second-order valence-corrected chi connectivity index (χ2v) is 12.1. The first-order valence-corrected chi connectivity index (χ1v) is 14.8. The van der Waals surface area contributed by atoms with Gasteiger partial charge in [-0.3, -0.25) is 28.9 Å². The lowest BCUT2D eigenvalue weighted by molar-refractivity contribution is -0.123. The molecule has 7 nitrogen and oxygen atoms in total. The Kier molecular flexibility index (Phi) is 6.47. The molecule has 7 rings (SSSR count). The molecule has 0 aromatic heterocycles. The maximum atomic E-state index is 14.1. The molecule has 1 N–H and O–H groups in total. The minimum absolute atomic E-state index is 0.0162. The molecule has 1 fully saturated rings. The van der Waals surface area contributed by atoms with Crippen LogP contribution >= 0.6 is 15.9 Å². The Morgan fingerprint density at radius 1 is 0.814 bits per heavy atom. The average molecular weight is 634 g/mol. The number of benzene rings is 3. The molecule has 0 unspecified atom stereocenters. The number of hydrogen-bond acceptors (Lipinski definition) is 6. The zero-order valence-corrected chi connectivity index (χ0v) is 24.3.